The van der Waals surface area contributed by atoms with Crippen LogP contribution in [0.4, 0.5) is 0 Å². The number of nitrogens with one attached hydrogen (secondary N) is 1. The Balaban J connectivity index is 1.78. The number of rotatable bonds is 5. The summed E-state index contributed by atoms with van der Waals surface area (Å²) in [5.41, 5.74) is 2.88. The zero-order chi connectivity index (χ0) is 13.7. The fourth-order valence-corrected chi connectivity index (χ4v) is 2.98. The van der Waals surface area contributed by atoms with E-state index in [2.05, 4.69) is 55.4 Å². The molecule has 19 heavy (non-hydrogen) atoms. The Kier molecular flexibility index (Phi) is 5.41. The van der Waals surface area contributed by atoms with E-state index in [1.165, 1.54) is 36.9 Å². The smallest absolute Gasteiger partial charge is 0.0217 e. The monoisotopic (exact) mass is 260 g/mol. The third-order valence-electron chi connectivity index (χ3n) is 4.41. The lowest BCUT2D eigenvalue weighted by Gasteiger charge is -2.33. The van der Waals surface area contributed by atoms with Gasteiger partial charge in [-0.2, -0.15) is 0 Å². The number of likely N-dealkylation sites (N-methyl/N-ethyl adjacent to an activating group) is 1. The van der Waals surface area contributed by atoms with E-state index in [-0.39, 0.29) is 0 Å². The molecule has 1 aromatic rings. The molecule has 0 aliphatic carbocycles. The average molecular weight is 260 g/mol. The van der Waals surface area contributed by atoms with Gasteiger partial charge in [-0.25, -0.2) is 0 Å². The third-order valence-corrected chi connectivity index (χ3v) is 4.41. The van der Waals surface area contributed by atoms with Crippen molar-refractivity contribution in [2.45, 2.75) is 51.6 Å². The molecule has 0 radical (unpaired) electrons. The molecule has 106 valence electrons. The number of piperidine rings is 1. The summed E-state index contributed by atoms with van der Waals surface area (Å²) in [7, 11) is 2.26. The average Bonchev–Trinajstić information content (AvgIpc) is 2.40. The van der Waals surface area contributed by atoms with Crippen LogP contribution < -0.4 is 5.32 Å². The summed E-state index contributed by atoms with van der Waals surface area (Å²) >= 11 is 0. The van der Waals surface area contributed by atoms with Crippen LogP contribution in [0.3, 0.4) is 0 Å². The normalized spacial score (nSPS) is 22.4. The van der Waals surface area contributed by atoms with E-state index in [1.807, 2.05) is 0 Å². The van der Waals surface area contributed by atoms with Gasteiger partial charge in [-0.3, -0.25) is 0 Å². The molecule has 0 aromatic heterocycles. The Bertz CT molecular complexity index is 389. The van der Waals surface area contributed by atoms with Gasteiger partial charge >= 0.3 is 0 Å². The molecule has 2 rings (SSSR count). The van der Waals surface area contributed by atoms with Crippen LogP contribution >= 0.6 is 0 Å². The minimum Gasteiger partial charge on any atom is -0.312 e. The van der Waals surface area contributed by atoms with Gasteiger partial charge in [-0.1, -0.05) is 30.7 Å². The summed E-state index contributed by atoms with van der Waals surface area (Å²) in [5.74, 6) is 0. The molecular weight excluding hydrogens is 232 g/mol. The van der Waals surface area contributed by atoms with Crippen LogP contribution in [0.1, 0.15) is 37.3 Å². The molecule has 2 atom stereocenters. The van der Waals surface area contributed by atoms with E-state index in [0.717, 1.165) is 19.0 Å². The van der Waals surface area contributed by atoms with Gasteiger partial charge in [0.05, 0.1) is 0 Å². The standard InChI is InChI=1S/C17H28N2/c1-14-8-4-5-9-16(14)12-15(2)18-13-17-10-6-7-11-19(17)3/h4-5,8-9,15,17-18H,6-7,10-13H2,1-3H3. The quantitative estimate of drug-likeness (QED) is 0.875. The van der Waals surface area contributed by atoms with E-state index in [4.69, 9.17) is 0 Å². The van der Waals surface area contributed by atoms with Crippen molar-refractivity contribution in [3.63, 3.8) is 0 Å². The van der Waals surface area contributed by atoms with Crippen molar-refractivity contribution in [2.75, 3.05) is 20.1 Å². The third kappa shape index (κ3) is 4.32. The Morgan fingerprint density at radius 3 is 2.84 bits per heavy atom. The van der Waals surface area contributed by atoms with Crippen molar-refractivity contribution in [1.82, 2.24) is 10.2 Å². The Hall–Kier alpha value is -0.860. The molecule has 1 saturated heterocycles. The van der Waals surface area contributed by atoms with Gasteiger partial charge < -0.3 is 10.2 Å². The summed E-state index contributed by atoms with van der Waals surface area (Å²) in [6, 6.07) is 10.00. The van der Waals surface area contributed by atoms with Crippen molar-refractivity contribution in [2.24, 2.45) is 0 Å². The largest absolute Gasteiger partial charge is 0.312 e. The van der Waals surface area contributed by atoms with Crippen LogP contribution in [0.25, 0.3) is 0 Å². The second-order valence-corrected chi connectivity index (χ2v) is 6.07. The van der Waals surface area contributed by atoms with Gasteiger partial charge in [0.15, 0.2) is 0 Å². The van der Waals surface area contributed by atoms with Crippen LogP contribution in [0.2, 0.25) is 0 Å². The topological polar surface area (TPSA) is 15.3 Å². The first-order chi connectivity index (χ1) is 9.16. The van der Waals surface area contributed by atoms with Crippen LogP contribution in [-0.2, 0) is 6.42 Å². The van der Waals surface area contributed by atoms with Gasteiger partial charge in [-0.15, -0.1) is 0 Å². The van der Waals surface area contributed by atoms with E-state index in [9.17, 15) is 0 Å². The second-order valence-electron chi connectivity index (χ2n) is 6.07. The Morgan fingerprint density at radius 2 is 2.11 bits per heavy atom. The lowest BCUT2D eigenvalue weighted by molar-refractivity contribution is 0.178. The van der Waals surface area contributed by atoms with Gasteiger partial charge in [-0.05, 0) is 57.8 Å². The maximum absolute atomic E-state index is 3.72. The van der Waals surface area contributed by atoms with Crippen molar-refractivity contribution in [1.29, 1.82) is 0 Å². The number of aryl methyl sites for hydroxylation is 1. The molecule has 1 heterocycles. The number of benzene rings is 1. The van der Waals surface area contributed by atoms with Crippen molar-refractivity contribution >= 4 is 0 Å². The SMILES string of the molecule is Cc1ccccc1CC(C)NCC1CCCCN1C. The molecule has 2 unspecified atom stereocenters. The van der Waals surface area contributed by atoms with Crippen LogP contribution in [0.5, 0.6) is 0 Å². The highest BCUT2D eigenvalue weighted by atomic mass is 15.2. The van der Waals surface area contributed by atoms with Crippen molar-refractivity contribution < 1.29 is 0 Å². The number of likely N-dealkylation sites (tertiary alicyclic amines) is 1. The summed E-state index contributed by atoms with van der Waals surface area (Å²) < 4.78 is 0. The number of hydrogen-bond acceptors (Lipinski definition) is 2. The van der Waals surface area contributed by atoms with Gasteiger partial charge in [0.25, 0.3) is 0 Å². The molecule has 1 N–H and O–H groups in total. The van der Waals surface area contributed by atoms with E-state index >= 15 is 0 Å². The van der Waals surface area contributed by atoms with Gasteiger partial charge in [0.1, 0.15) is 0 Å². The summed E-state index contributed by atoms with van der Waals surface area (Å²) in [6.45, 7) is 6.90. The van der Waals surface area contributed by atoms with Crippen molar-refractivity contribution in [3.05, 3.63) is 35.4 Å². The maximum Gasteiger partial charge on any atom is 0.0217 e. The van der Waals surface area contributed by atoms with Crippen LogP contribution in [0, 0.1) is 6.92 Å². The fourth-order valence-electron chi connectivity index (χ4n) is 2.98. The highest BCUT2D eigenvalue weighted by molar-refractivity contribution is 5.26. The first-order valence-corrected chi connectivity index (χ1v) is 7.65. The lowest BCUT2D eigenvalue weighted by atomic mass is 10.0. The predicted molar refractivity (Wildman–Crippen MR) is 82.6 cm³/mol. The van der Waals surface area contributed by atoms with Crippen LogP contribution in [0.15, 0.2) is 24.3 Å². The summed E-state index contributed by atoms with van der Waals surface area (Å²) in [5, 5.41) is 3.72. The zero-order valence-electron chi connectivity index (χ0n) is 12.7. The molecule has 1 aliphatic rings. The van der Waals surface area contributed by atoms with E-state index in [1.54, 1.807) is 0 Å². The molecule has 1 fully saturated rings. The minimum atomic E-state index is 0.552. The maximum atomic E-state index is 3.72. The molecule has 0 bridgehead atoms. The number of hydrogen-bond donors (Lipinski definition) is 1. The highest BCUT2D eigenvalue weighted by Crippen LogP contribution is 2.15. The number of nitrogens with zero attached hydrogens (tertiary/aromatic N) is 1. The molecular formula is C17H28N2. The van der Waals surface area contributed by atoms with Gasteiger partial charge in [0, 0.05) is 18.6 Å². The summed E-state index contributed by atoms with van der Waals surface area (Å²) in [4.78, 5) is 2.51. The minimum absolute atomic E-state index is 0.552. The first-order valence-electron chi connectivity index (χ1n) is 7.65. The summed E-state index contributed by atoms with van der Waals surface area (Å²) in [6.07, 6.45) is 5.23. The van der Waals surface area contributed by atoms with E-state index in [0.29, 0.717) is 6.04 Å². The molecule has 0 amide bonds. The Labute approximate surface area is 118 Å². The highest BCUT2D eigenvalue weighted by Gasteiger charge is 2.19. The molecule has 2 nitrogen and oxygen atoms in total. The second kappa shape index (κ2) is 7.06. The molecule has 2 heteroatoms. The molecule has 1 aliphatic heterocycles. The lowest BCUT2D eigenvalue weighted by Crippen LogP contribution is -2.45. The van der Waals surface area contributed by atoms with E-state index < -0.39 is 0 Å². The van der Waals surface area contributed by atoms with Crippen LogP contribution in [-0.4, -0.2) is 37.1 Å². The van der Waals surface area contributed by atoms with Crippen molar-refractivity contribution in [3.8, 4) is 0 Å². The van der Waals surface area contributed by atoms with Gasteiger partial charge in [0.2, 0.25) is 0 Å². The zero-order valence-corrected chi connectivity index (χ0v) is 12.7. The first kappa shape index (κ1) is 14.5. The predicted octanol–water partition coefficient (Wildman–Crippen LogP) is 3.00. The fraction of sp³-hybridized carbons (Fsp3) is 0.647. The molecule has 0 saturated carbocycles. The molecule has 1 aromatic carbocycles. The molecule has 0 spiro atoms. The Morgan fingerprint density at radius 1 is 1.32 bits per heavy atom.